The van der Waals surface area contributed by atoms with Crippen molar-refractivity contribution >= 4 is 23.2 Å². The van der Waals surface area contributed by atoms with Crippen molar-refractivity contribution in [2.24, 2.45) is 0 Å². The minimum absolute atomic E-state index is 0.304. The Morgan fingerprint density at radius 1 is 1.22 bits per heavy atom. The van der Waals surface area contributed by atoms with Crippen molar-refractivity contribution in [2.75, 3.05) is 7.05 Å². The minimum atomic E-state index is 0.304. The van der Waals surface area contributed by atoms with Gasteiger partial charge in [-0.2, -0.15) is 0 Å². The molecule has 0 fully saturated rings. The number of nitrogens with one attached hydrogen (secondary N) is 1. The molecule has 1 atom stereocenters. The van der Waals surface area contributed by atoms with Gasteiger partial charge >= 0.3 is 0 Å². The molecule has 2 rings (SSSR count). The zero-order valence-electron chi connectivity index (χ0n) is 10.5. The van der Waals surface area contributed by atoms with Crippen molar-refractivity contribution < 1.29 is 0 Å². The quantitative estimate of drug-likeness (QED) is 0.893. The predicted molar refractivity (Wildman–Crippen MR) is 77.5 cm³/mol. The van der Waals surface area contributed by atoms with E-state index in [1.807, 2.05) is 25.2 Å². The fourth-order valence-electron chi connectivity index (χ4n) is 1.97. The van der Waals surface area contributed by atoms with Crippen LogP contribution in [-0.2, 0) is 6.54 Å². The maximum absolute atomic E-state index is 6.22. The summed E-state index contributed by atoms with van der Waals surface area (Å²) >= 11 is 12.2. The fourth-order valence-corrected chi connectivity index (χ4v) is 2.35. The fraction of sp³-hybridized carbons (Fsp3) is 0.286. The van der Waals surface area contributed by atoms with Crippen LogP contribution in [0, 0.1) is 0 Å². The van der Waals surface area contributed by atoms with Crippen LogP contribution in [0.3, 0.4) is 0 Å². The van der Waals surface area contributed by atoms with Crippen molar-refractivity contribution in [1.29, 1.82) is 0 Å². The first-order valence-corrected chi connectivity index (χ1v) is 6.64. The summed E-state index contributed by atoms with van der Waals surface area (Å²) < 4.78 is 2.18. The number of benzene rings is 1. The van der Waals surface area contributed by atoms with Gasteiger partial charge in [-0.15, -0.1) is 0 Å². The summed E-state index contributed by atoms with van der Waals surface area (Å²) in [7, 11) is 1.95. The molecule has 0 bridgehead atoms. The van der Waals surface area contributed by atoms with Crippen LogP contribution >= 0.6 is 23.2 Å². The van der Waals surface area contributed by atoms with Gasteiger partial charge < -0.3 is 9.88 Å². The second-order valence-electron chi connectivity index (χ2n) is 4.28. The van der Waals surface area contributed by atoms with Gasteiger partial charge in [-0.3, -0.25) is 0 Å². The molecule has 2 nitrogen and oxygen atoms in total. The van der Waals surface area contributed by atoms with Crippen LogP contribution in [0.15, 0.2) is 36.5 Å². The van der Waals surface area contributed by atoms with E-state index in [0.717, 1.165) is 12.1 Å². The highest BCUT2D eigenvalue weighted by molar-refractivity contribution is 6.42. The number of halogens is 2. The number of nitrogens with zero attached hydrogens (tertiary/aromatic N) is 1. The lowest BCUT2D eigenvalue weighted by molar-refractivity contribution is 0.589. The van der Waals surface area contributed by atoms with E-state index in [0.29, 0.717) is 16.1 Å². The third-order valence-corrected chi connectivity index (χ3v) is 3.97. The molecule has 18 heavy (non-hydrogen) atoms. The first-order chi connectivity index (χ1) is 8.63. The van der Waals surface area contributed by atoms with Crippen molar-refractivity contribution in [3.05, 3.63) is 57.8 Å². The predicted octanol–water partition coefficient (Wildman–Crippen LogP) is 4.12. The molecule has 1 aromatic heterocycles. The monoisotopic (exact) mass is 282 g/mol. The van der Waals surface area contributed by atoms with Gasteiger partial charge in [0.25, 0.3) is 0 Å². The number of hydrogen-bond donors (Lipinski definition) is 1. The van der Waals surface area contributed by atoms with Gasteiger partial charge in [0.15, 0.2) is 0 Å². The summed E-state index contributed by atoms with van der Waals surface area (Å²) in [6, 6.07) is 10.2. The van der Waals surface area contributed by atoms with Crippen LogP contribution in [0.1, 0.15) is 24.2 Å². The Morgan fingerprint density at radius 3 is 2.72 bits per heavy atom. The number of aromatic nitrogens is 1. The lowest BCUT2D eigenvalue weighted by Crippen LogP contribution is -2.17. The third-order valence-electron chi connectivity index (χ3n) is 3.11. The van der Waals surface area contributed by atoms with Crippen LogP contribution in [0.25, 0.3) is 0 Å². The topological polar surface area (TPSA) is 17.0 Å². The van der Waals surface area contributed by atoms with Gasteiger partial charge in [0.2, 0.25) is 0 Å². The van der Waals surface area contributed by atoms with E-state index in [1.54, 1.807) is 6.07 Å². The summed E-state index contributed by atoms with van der Waals surface area (Å²) in [5.41, 5.74) is 2.26. The molecule has 1 aromatic carbocycles. The molecule has 0 aliphatic rings. The lowest BCUT2D eigenvalue weighted by Gasteiger charge is -2.15. The Balaban J connectivity index is 2.29. The van der Waals surface area contributed by atoms with E-state index in [4.69, 9.17) is 23.2 Å². The van der Waals surface area contributed by atoms with Gasteiger partial charge in [0, 0.05) is 24.5 Å². The molecular formula is C14H16Cl2N2. The van der Waals surface area contributed by atoms with E-state index >= 15 is 0 Å². The highest BCUT2D eigenvalue weighted by Gasteiger charge is 2.10. The molecule has 0 aliphatic carbocycles. The second kappa shape index (κ2) is 5.79. The highest BCUT2D eigenvalue weighted by atomic mass is 35.5. The van der Waals surface area contributed by atoms with Crippen LogP contribution in [0.5, 0.6) is 0 Å². The molecule has 0 amide bonds. The first kappa shape index (κ1) is 13.5. The molecule has 0 saturated carbocycles. The van der Waals surface area contributed by atoms with E-state index < -0.39 is 0 Å². The van der Waals surface area contributed by atoms with Crippen LogP contribution in [-0.4, -0.2) is 11.6 Å². The Bertz CT molecular complexity index is 534. The number of rotatable bonds is 4. The van der Waals surface area contributed by atoms with Gasteiger partial charge in [0.1, 0.15) is 0 Å². The SMILES string of the molecule is CNC(C)c1cccn1Cc1cccc(Cl)c1Cl. The third kappa shape index (κ3) is 2.72. The molecule has 1 N–H and O–H groups in total. The Hall–Kier alpha value is -0.960. The average Bonchev–Trinajstić information content (AvgIpc) is 2.82. The largest absolute Gasteiger partial charge is 0.346 e. The molecule has 0 saturated heterocycles. The van der Waals surface area contributed by atoms with E-state index in [2.05, 4.69) is 29.1 Å². The summed E-state index contributed by atoms with van der Waals surface area (Å²) in [4.78, 5) is 0. The molecule has 2 aromatic rings. The van der Waals surface area contributed by atoms with Crippen LogP contribution < -0.4 is 5.32 Å². The smallest absolute Gasteiger partial charge is 0.0642 e. The van der Waals surface area contributed by atoms with E-state index in [-0.39, 0.29) is 0 Å². The summed E-state index contributed by atoms with van der Waals surface area (Å²) in [6.07, 6.45) is 2.06. The molecular weight excluding hydrogens is 267 g/mol. The van der Waals surface area contributed by atoms with Crippen molar-refractivity contribution in [3.63, 3.8) is 0 Å². The van der Waals surface area contributed by atoms with Gasteiger partial charge in [-0.25, -0.2) is 0 Å². The average molecular weight is 283 g/mol. The van der Waals surface area contributed by atoms with E-state index in [9.17, 15) is 0 Å². The molecule has 1 heterocycles. The second-order valence-corrected chi connectivity index (χ2v) is 5.07. The Kier molecular flexibility index (Phi) is 4.33. The molecule has 1 unspecified atom stereocenters. The molecule has 96 valence electrons. The Morgan fingerprint density at radius 2 is 2.00 bits per heavy atom. The first-order valence-electron chi connectivity index (χ1n) is 5.88. The van der Waals surface area contributed by atoms with Crippen molar-refractivity contribution in [3.8, 4) is 0 Å². The number of hydrogen-bond acceptors (Lipinski definition) is 1. The minimum Gasteiger partial charge on any atom is -0.346 e. The molecule has 0 spiro atoms. The highest BCUT2D eigenvalue weighted by Crippen LogP contribution is 2.27. The summed E-state index contributed by atoms with van der Waals surface area (Å²) in [6.45, 7) is 2.86. The van der Waals surface area contributed by atoms with Gasteiger partial charge in [-0.1, -0.05) is 35.3 Å². The maximum Gasteiger partial charge on any atom is 0.0642 e. The maximum atomic E-state index is 6.22. The lowest BCUT2D eigenvalue weighted by atomic mass is 10.2. The molecule has 4 heteroatoms. The van der Waals surface area contributed by atoms with Crippen molar-refractivity contribution in [2.45, 2.75) is 19.5 Å². The van der Waals surface area contributed by atoms with Crippen LogP contribution in [0.4, 0.5) is 0 Å². The van der Waals surface area contributed by atoms with Gasteiger partial charge in [-0.05, 0) is 37.7 Å². The summed E-state index contributed by atoms with van der Waals surface area (Å²) in [5.74, 6) is 0. The van der Waals surface area contributed by atoms with E-state index in [1.165, 1.54) is 5.69 Å². The molecule has 0 radical (unpaired) electrons. The zero-order valence-corrected chi connectivity index (χ0v) is 12.0. The molecule has 0 aliphatic heterocycles. The standard InChI is InChI=1S/C14H16Cl2N2/c1-10(17-2)13-7-4-8-18(13)9-11-5-3-6-12(15)14(11)16/h3-8,10,17H,9H2,1-2H3. The summed E-state index contributed by atoms with van der Waals surface area (Å²) in [5, 5.41) is 4.48. The Labute approximate surface area is 118 Å². The van der Waals surface area contributed by atoms with Crippen molar-refractivity contribution in [1.82, 2.24) is 9.88 Å². The van der Waals surface area contributed by atoms with Gasteiger partial charge in [0.05, 0.1) is 10.0 Å². The van der Waals surface area contributed by atoms with Crippen LogP contribution in [0.2, 0.25) is 10.0 Å². The zero-order chi connectivity index (χ0) is 13.1. The normalized spacial score (nSPS) is 12.7.